The van der Waals surface area contributed by atoms with Gasteiger partial charge in [-0.3, -0.25) is 4.79 Å². The fraction of sp³-hybridized carbons (Fsp3) is 0.750. The summed E-state index contributed by atoms with van der Waals surface area (Å²) in [5.74, 6) is -1.76. The van der Waals surface area contributed by atoms with Crippen LogP contribution in [0.3, 0.4) is 0 Å². The molecule has 0 aliphatic carbocycles. The van der Waals surface area contributed by atoms with Gasteiger partial charge in [0.05, 0.1) is 12.7 Å². The predicted molar refractivity (Wildman–Crippen MR) is 76.7 cm³/mol. The number of aliphatic carboxylic acids is 1. The number of ether oxygens (including phenoxy) is 1. The van der Waals surface area contributed by atoms with Crippen LogP contribution in [0.5, 0.6) is 0 Å². The number of carboxylic acids is 1. The first-order chi connectivity index (χ1) is 9.66. The number of carboxylic acid groups (broad SMARTS) is 1. The number of esters is 1. The third-order valence-electron chi connectivity index (χ3n) is 3.05. The summed E-state index contributed by atoms with van der Waals surface area (Å²) in [5, 5.41) is 10.1. The molecule has 4 nitrogen and oxygen atoms in total. The fourth-order valence-corrected chi connectivity index (χ4v) is 1.85. The van der Waals surface area contributed by atoms with E-state index in [-0.39, 0.29) is 64.2 Å². The fourth-order valence-electron chi connectivity index (χ4n) is 1.85. The van der Waals surface area contributed by atoms with Crippen molar-refractivity contribution in [3.63, 3.8) is 0 Å². The quantitative estimate of drug-likeness (QED) is 0.209. The molecule has 0 aromatic carbocycles. The van der Waals surface area contributed by atoms with Crippen molar-refractivity contribution >= 4 is 11.9 Å². The summed E-state index contributed by atoms with van der Waals surface area (Å²) in [6, 6.07) is 0. The first-order valence-electron chi connectivity index (χ1n) is 7.71. The standard InChI is InChI=1S/C16H28O4.K/c1-2-3-4-5-6-7-8-9-10-11-14-20-16(19)13-12-15(17)18;/h11,14H,2-10,12-13H2,1H3,(H,17,18);/q;+1/p-1/b14-11+;. The maximum absolute atomic E-state index is 11.0. The number of unbranched alkanes of at least 4 members (excludes halogenated alkanes) is 8. The van der Waals surface area contributed by atoms with Crippen molar-refractivity contribution in [1.29, 1.82) is 0 Å². The van der Waals surface area contributed by atoms with Crippen molar-refractivity contribution in [2.24, 2.45) is 0 Å². The SMILES string of the molecule is CCCCCCCCCC/C=C/OC(=O)CCC(=O)[O-].[K+]. The maximum atomic E-state index is 11.0. The molecule has 0 aliphatic heterocycles. The van der Waals surface area contributed by atoms with Gasteiger partial charge in [-0.1, -0.05) is 51.9 Å². The Balaban J connectivity index is 0. The third-order valence-corrected chi connectivity index (χ3v) is 3.05. The summed E-state index contributed by atoms with van der Waals surface area (Å²) in [7, 11) is 0. The van der Waals surface area contributed by atoms with Crippen molar-refractivity contribution < 1.29 is 70.8 Å². The minimum atomic E-state index is -1.23. The average Bonchev–Trinajstić information content (AvgIpc) is 2.42. The summed E-state index contributed by atoms with van der Waals surface area (Å²) in [5.41, 5.74) is 0. The van der Waals surface area contributed by atoms with E-state index in [0.717, 1.165) is 12.8 Å². The molecule has 0 heterocycles. The van der Waals surface area contributed by atoms with Gasteiger partial charge in [0.2, 0.25) is 0 Å². The van der Waals surface area contributed by atoms with Gasteiger partial charge in [-0.25, -0.2) is 0 Å². The Morgan fingerprint density at radius 2 is 1.52 bits per heavy atom. The van der Waals surface area contributed by atoms with Crippen molar-refractivity contribution in [3.05, 3.63) is 12.3 Å². The summed E-state index contributed by atoms with van der Waals surface area (Å²) in [6.45, 7) is 2.22. The average molecular weight is 322 g/mol. The van der Waals surface area contributed by atoms with Crippen molar-refractivity contribution in [2.75, 3.05) is 0 Å². The van der Waals surface area contributed by atoms with Crippen molar-refractivity contribution in [1.82, 2.24) is 0 Å². The molecule has 0 rings (SSSR count). The second kappa shape index (κ2) is 18.4. The Morgan fingerprint density at radius 3 is 2.10 bits per heavy atom. The summed E-state index contributed by atoms with van der Waals surface area (Å²) in [4.78, 5) is 21.2. The number of hydrogen-bond acceptors (Lipinski definition) is 4. The smallest absolute Gasteiger partial charge is 0.550 e. The minimum absolute atomic E-state index is 0. The minimum Gasteiger partial charge on any atom is -0.550 e. The van der Waals surface area contributed by atoms with Crippen LogP contribution in [0.25, 0.3) is 0 Å². The zero-order chi connectivity index (χ0) is 15.1. The van der Waals surface area contributed by atoms with Crippen LogP contribution in [0.4, 0.5) is 0 Å². The third kappa shape index (κ3) is 20.3. The van der Waals surface area contributed by atoms with Crippen LogP contribution in [-0.2, 0) is 14.3 Å². The first-order valence-corrected chi connectivity index (χ1v) is 7.71. The van der Waals surface area contributed by atoms with Crippen LogP contribution in [0.2, 0.25) is 0 Å². The molecule has 116 valence electrons. The molecule has 0 spiro atoms. The van der Waals surface area contributed by atoms with Gasteiger partial charge >= 0.3 is 57.4 Å². The molecule has 21 heavy (non-hydrogen) atoms. The summed E-state index contributed by atoms with van der Waals surface area (Å²) >= 11 is 0. The molecule has 0 fully saturated rings. The monoisotopic (exact) mass is 322 g/mol. The molecular weight excluding hydrogens is 295 g/mol. The van der Waals surface area contributed by atoms with Crippen molar-refractivity contribution in [2.45, 2.75) is 77.6 Å². The largest absolute Gasteiger partial charge is 1.00 e. The van der Waals surface area contributed by atoms with Gasteiger partial charge in [-0.15, -0.1) is 0 Å². The molecule has 0 unspecified atom stereocenters. The van der Waals surface area contributed by atoms with Crippen LogP contribution >= 0.6 is 0 Å². The van der Waals surface area contributed by atoms with Crippen molar-refractivity contribution in [3.8, 4) is 0 Å². The van der Waals surface area contributed by atoms with E-state index in [9.17, 15) is 14.7 Å². The van der Waals surface area contributed by atoms with Crippen LogP contribution in [0, 0.1) is 0 Å². The normalized spacial score (nSPS) is 10.3. The second-order valence-electron chi connectivity index (χ2n) is 5.00. The van der Waals surface area contributed by atoms with Crippen LogP contribution in [0.15, 0.2) is 12.3 Å². The molecule has 0 atom stereocenters. The second-order valence-corrected chi connectivity index (χ2v) is 5.00. The van der Waals surface area contributed by atoms with E-state index in [1.165, 1.54) is 51.2 Å². The summed E-state index contributed by atoms with van der Waals surface area (Å²) in [6.07, 6.45) is 13.8. The summed E-state index contributed by atoms with van der Waals surface area (Å²) < 4.78 is 4.75. The molecule has 0 radical (unpaired) electrons. The van der Waals surface area contributed by atoms with Crippen LogP contribution in [-0.4, -0.2) is 11.9 Å². The first kappa shape index (κ1) is 23.6. The van der Waals surface area contributed by atoms with E-state index in [0.29, 0.717) is 0 Å². The van der Waals surface area contributed by atoms with E-state index in [2.05, 4.69) is 6.92 Å². The molecule has 5 heteroatoms. The molecule has 0 saturated carbocycles. The molecule has 0 bridgehead atoms. The molecule has 0 aliphatic rings. The topological polar surface area (TPSA) is 66.4 Å². The molecule has 0 aromatic heterocycles. The zero-order valence-electron chi connectivity index (χ0n) is 13.6. The Labute approximate surface area is 171 Å². The van der Waals surface area contributed by atoms with Gasteiger partial charge in [0.15, 0.2) is 0 Å². The molecular formula is C16H27KO4. The number of carbonyl (C=O) groups is 2. The van der Waals surface area contributed by atoms with Gasteiger partial charge in [0, 0.05) is 5.97 Å². The predicted octanol–water partition coefficient (Wildman–Crippen LogP) is 0.108. The van der Waals surface area contributed by atoms with E-state index in [4.69, 9.17) is 4.74 Å². The van der Waals surface area contributed by atoms with Gasteiger partial charge in [0.1, 0.15) is 0 Å². The van der Waals surface area contributed by atoms with E-state index in [1.807, 2.05) is 6.08 Å². The molecule has 0 N–H and O–H groups in total. The Hall–Kier alpha value is 0.316. The zero-order valence-corrected chi connectivity index (χ0v) is 16.7. The Morgan fingerprint density at radius 1 is 0.952 bits per heavy atom. The van der Waals surface area contributed by atoms with Crippen LogP contribution < -0.4 is 56.5 Å². The molecule has 0 saturated heterocycles. The molecule has 0 amide bonds. The Kier molecular flexibility index (Phi) is 20.6. The van der Waals surface area contributed by atoms with E-state index < -0.39 is 11.9 Å². The number of rotatable bonds is 13. The van der Waals surface area contributed by atoms with E-state index >= 15 is 0 Å². The van der Waals surface area contributed by atoms with Gasteiger partial charge in [0.25, 0.3) is 0 Å². The maximum Gasteiger partial charge on any atom is 1.00 e. The number of allylic oxidation sites excluding steroid dienone is 1. The van der Waals surface area contributed by atoms with E-state index in [1.54, 1.807) is 0 Å². The van der Waals surface area contributed by atoms with Gasteiger partial charge < -0.3 is 14.6 Å². The number of carbonyl (C=O) groups excluding carboxylic acids is 2. The van der Waals surface area contributed by atoms with Gasteiger partial charge in [-0.2, -0.15) is 0 Å². The molecule has 0 aromatic rings. The van der Waals surface area contributed by atoms with Gasteiger partial charge in [-0.05, 0) is 25.3 Å². The Bertz CT molecular complexity index is 290. The van der Waals surface area contributed by atoms with Crippen LogP contribution in [0.1, 0.15) is 77.6 Å². The number of hydrogen-bond donors (Lipinski definition) is 0.